The van der Waals surface area contributed by atoms with Crippen molar-refractivity contribution in [2.75, 3.05) is 0 Å². The van der Waals surface area contributed by atoms with Crippen molar-refractivity contribution in [3.63, 3.8) is 0 Å². The Morgan fingerprint density at radius 2 is 1.14 bits per heavy atom. The third-order valence-corrected chi connectivity index (χ3v) is 3.85. The molecule has 0 radical (unpaired) electrons. The van der Waals surface area contributed by atoms with Gasteiger partial charge in [0.25, 0.3) is 0 Å². The van der Waals surface area contributed by atoms with E-state index < -0.39 is 0 Å². The lowest BCUT2D eigenvalue weighted by atomic mass is 10.0. The van der Waals surface area contributed by atoms with Gasteiger partial charge in [0, 0.05) is 10.5 Å². The smallest absolute Gasteiger partial charge is 0.00173 e. The number of hydrogen-bond acceptors (Lipinski definition) is 2. The van der Waals surface area contributed by atoms with E-state index in [2.05, 4.69) is 37.4 Å². The minimum atomic E-state index is 0.595. The first-order valence-corrected chi connectivity index (χ1v) is 6.83. The van der Waals surface area contributed by atoms with Crippen LogP contribution in [0.2, 0.25) is 0 Å². The second-order valence-electron chi connectivity index (χ2n) is 4.22. The summed E-state index contributed by atoms with van der Waals surface area (Å²) in [5.74, 6) is 0. The molecular weight excluding hydrogens is 208 g/mol. The topological polar surface area (TPSA) is 0 Å². The zero-order chi connectivity index (χ0) is 10.2. The molecule has 0 saturated heterocycles. The van der Waals surface area contributed by atoms with Crippen molar-refractivity contribution in [1.82, 2.24) is 0 Å². The average Bonchev–Trinajstić information content (AvgIpc) is 2.17. The van der Waals surface area contributed by atoms with Gasteiger partial charge in [-0.1, -0.05) is 12.2 Å². The highest BCUT2D eigenvalue weighted by atomic mass is 32.1. The maximum atomic E-state index is 4.61. The molecule has 0 spiro atoms. The van der Waals surface area contributed by atoms with E-state index >= 15 is 0 Å². The van der Waals surface area contributed by atoms with Gasteiger partial charge in [-0.3, -0.25) is 0 Å². The standard InChI is InChI=1S/C12H22S2/c13-11-7-5-3-1-2-4-6-8-12(14)10-9-11/h1-2,11-14H,3-10H2. The molecule has 0 fully saturated rings. The summed E-state index contributed by atoms with van der Waals surface area (Å²) in [6, 6.07) is 0. The van der Waals surface area contributed by atoms with E-state index in [-0.39, 0.29) is 0 Å². The van der Waals surface area contributed by atoms with Crippen LogP contribution in [-0.4, -0.2) is 10.5 Å². The molecule has 14 heavy (non-hydrogen) atoms. The normalized spacial score (nSPS) is 31.9. The van der Waals surface area contributed by atoms with Gasteiger partial charge in [-0.25, -0.2) is 0 Å². The summed E-state index contributed by atoms with van der Waals surface area (Å²) in [5.41, 5.74) is 0. The van der Waals surface area contributed by atoms with Crippen molar-refractivity contribution in [2.24, 2.45) is 0 Å². The Bertz CT molecular complexity index is 148. The van der Waals surface area contributed by atoms with Gasteiger partial charge in [0.15, 0.2) is 0 Å². The van der Waals surface area contributed by atoms with Crippen molar-refractivity contribution in [2.45, 2.75) is 61.9 Å². The molecule has 0 nitrogen and oxygen atoms in total. The largest absolute Gasteiger partial charge is 0.176 e. The fourth-order valence-electron chi connectivity index (χ4n) is 1.85. The molecule has 0 aliphatic heterocycles. The average molecular weight is 230 g/mol. The van der Waals surface area contributed by atoms with Crippen LogP contribution in [0, 0.1) is 0 Å². The molecular formula is C12H22S2. The van der Waals surface area contributed by atoms with E-state index in [9.17, 15) is 0 Å². The van der Waals surface area contributed by atoms with Gasteiger partial charge in [-0.05, 0) is 51.4 Å². The second kappa shape index (κ2) is 7.70. The lowest BCUT2D eigenvalue weighted by Gasteiger charge is -2.14. The Hall–Kier alpha value is 0.440. The third kappa shape index (κ3) is 6.02. The first-order chi connectivity index (χ1) is 6.79. The van der Waals surface area contributed by atoms with Crippen molar-refractivity contribution in [3.05, 3.63) is 12.2 Å². The van der Waals surface area contributed by atoms with Crippen molar-refractivity contribution < 1.29 is 0 Å². The fourth-order valence-corrected chi connectivity index (χ4v) is 2.52. The van der Waals surface area contributed by atoms with E-state index in [1.54, 1.807) is 0 Å². The van der Waals surface area contributed by atoms with E-state index in [4.69, 9.17) is 0 Å². The molecule has 2 atom stereocenters. The molecule has 0 aromatic carbocycles. The minimum Gasteiger partial charge on any atom is -0.176 e. The van der Waals surface area contributed by atoms with Gasteiger partial charge in [-0.15, -0.1) is 0 Å². The molecule has 1 aliphatic carbocycles. The highest BCUT2D eigenvalue weighted by Gasteiger charge is 2.08. The Kier molecular flexibility index (Phi) is 6.88. The Morgan fingerprint density at radius 3 is 1.57 bits per heavy atom. The molecule has 0 aromatic rings. The SMILES string of the molecule is SC1CCCC=CCCCC(S)CC1. The molecule has 0 N–H and O–H groups in total. The molecule has 0 heterocycles. The molecule has 0 bridgehead atoms. The lowest BCUT2D eigenvalue weighted by molar-refractivity contribution is 0.589. The third-order valence-electron chi connectivity index (χ3n) is 2.82. The van der Waals surface area contributed by atoms with E-state index in [1.165, 1.54) is 51.4 Å². The molecule has 1 aliphatic rings. The van der Waals surface area contributed by atoms with Gasteiger partial charge >= 0.3 is 0 Å². The number of hydrogen-bond donors (Lipinski definition) is 2. The van der Waals surface area contributed by atoms with Crippen molar-refractivity contribution in [3.8, 4) is 0 Å². The quantitative estimate of drug-likeness (QED) is 0.450. The zero-order valence-electron chi connectivity index (χ0n) is 8.86. The Morgan fingerprint density at radius 1 is 0.714 bits per heavy atom. The second-order valence-corrected chi connectivity index (χ2v) is 5.68. The van der Waals surface area contributed by atoms with E-state index in [0.29, 0.717) is 10.5 Å². The fraction of sp³-hybridized carbons (Fsp3) is 0.833. The first kappa shape index (κ1) is 12.5. The molecule has 0 amide bonds. The summed E-state index contributed by atoms with van der Waals surface area (Å²) < 4.78 is 0. The van der Waals surface area contributed by atoms with Crippen LogP contribution in [0.25, 0.3) is 0 Å². The molecule has 1 rings (SSSR count). The van der Waals surface area contributed by atoms with Gasteiger partial charge in [0.05, 0.1) is 0 Å². The van der Waals surface area contributed by atoms with Crippen LogP contribution < -0.4 is 0 Å². The first-order valence-electron chi connectivity index (χ1n) is 5.80. The summed E-state index contributed by atoms with van der Waals surface area (Å²) in [6.07, 6.45) is 14.7. The van der Waals surface area contributed by atoms with E-state index in [0.717, 1.165) is 0 Å². The monoisotopic (exact) mass is 230 g/mol. The highest BCUT2D eigenvalue weighted by Crippen LogP contribution is 2.20. The summed E-state index contributed by atoms with van der Waals surface area (Å²) in [6.45, 7) is 0. The molecule has 82 valence electrons. The molecule has 2 heteroatoms. The number of thiol groups is 2. The predicted molar refractivity (Wildman–Crippen MR) is 71.6 cm³/mol. The lowest BCUT2D eigenvalue weighted by Crippen LogP contribution is -2.05. The zero-order valence-corrected chi connectivity index (χ0v) is 10.6. The van der Waals surface area contributed by atoms with Crippen molar-refractivity contribution in [1.29, 1.82) is 0 Å². The van der Waals surface area contributed by atoms with Crippen LogP contribution in [0.5, 0.6) is 0 Å². The van der Waals surface area contributed by atoms with Gasteiger partial charge in [0.2, 0.25) is 0 Å². The van der Waals surface area contributed by atoms with E-state index in [1.807, 2.05) is 0 Å². The molecule has 0 saturated carbocycles. The number of rotatable bonds is 0. The van der Waals surface area contributed by atoms with Crippen LogP contribution in [0.15, 0.2) is 12.2 Å². The van der Waals surface area contributed by atoms with Gasteiger partial charge in [0.1, 0.15) is 0 Å². The summed E-state index contributed by atoms with van der Waals surface area (Å²) in [7, 11) is 0. The highest BCUT2D eigenvalue weighted by molar-refractivity contribution is 7.81. The van der Waals surface area contributed by atoms with Crippen LogP contribution in [0.4, 0.5) is 0 Å². The van der Waals surface area contributed by atoms with Gasteiger partial charge < -0.3 is 0 Å². The molecule has 0 aromatic heterocycles. The van der Waals surface area contributed by atoms with Crippen LogP contribution in [0.3, 0.4) is 0 Å². The number of allylic oxidation sites excluding steroid dienone is 2. The van der Waals surface area contributed by atoms with Crippen LogP contribution >= 0.6 is 25.3 Å². The minimum absolute atomic E-state index is 0.595. The van der Waals surface area contributed by atoms with Gasteiger partial charge in [-0.2, -0.15) is 25.3 Å². The summed E-state index contributed by atoms with van der Waals surface area (Å²) in [4.78, 5) is 0. The van der Waals surface area contributed by atoms with Crippen LogP contribution in [-0.2, 0) is 0 Å². The predicted octanol–water partition coefficient (Wildman–Crippen LogP) is 4.27. The maximum Gasteiger partial charge on any atom is 0.00173 e. The van der Waals surface area contributed by atoms with Crippen LogP contribution in [0.1, 0.15) is 51.4 Å². The summed E-state index contributed by atoms with van der Waals surface area (Å²) in [5, 5.41) is 1.19. The Labute approximate surface area is 99.4 Å². The Balaban J connectivity index is 2.31. The summed E-state index contributed by atoms with van der Waals surface area (Å²) >= 11 is 9.21. The molecule has 2 unspecified atom stereocenters. The maximum absolute atomic E-state index is 4.61. The van der Waals surface area contributed by atoms with Crippen molar-refractivity contribution >= 4 is 25.3 Å².